The Morgan fingerprint density at radius 1 is 1.64 bits per heavy atom. The minimum Gasteiger partial charge on any atom is -0.299 e. The van der Waals surface area contributed by atoms with E-state index in [9.17, 15) is 4.39 Å². The van der Waals surface area contributed by atoms with Crippen LogP contribution in [0.1, 0.15) is 18.5 Å². The maximum Gasteiger partial charge on any atom is 0.128 e. The molecule has 0 heterocycles. The predicted octanol–water partition coefficient (Wildman–Crippen LogP) is 2.76. The number of terminal acetylenes is 1. The van der Waals surface area contributed by atoms with Crippen molar-refractivity contribution in [1.82, 2.24) is 5.32 Å². The van der Waals surface area contributed by atoms with E-state index in [-0.39, 0.29) is 11.9 Å². The van der Waals surface area contributed by atoms with E-state index < -0.39 is 0 Å². The van der Waals surface area contributed by atoms with Crippen LogP contribution in [0.15, 0.2) is 18.2 Å². The molecule has 1 atom stereocenters. The molecular weight excluding hydrogens is 201 g/mol. The number of benzene rings is 1. The molecular formula is C11H11ClFN. The Morgan fingerprint density at radius 3 is 3.00 bits per heavy atom. The summed E-state index contributed by atoms with van der Waals surface area (Å²) >= 11 is 5.76. The van der Waals surface area contributed by atoms with Crippen LogP contribution in [0.25, 0.3) is 0 Å². The van der Waals surface area contributed by atoms with E-state index in [2.05, 4.69) is 11.2 Å². The third-order valence-electron chi connectivity index (χ3n) is 1.93. The van der Waals surface area contributed by atoms with Crippen LogP contribution in [0, 0.1) is 18.2 Å². The van der Waals surface area contributed by atoms with Gasteiger partial charge in [-0.3, -0.25) is 5.32 Å². The van der Waals surface area contributed by atoms with E-state index in [1.54, 1.807) is 6.07 Å². The van der Waals surface area contributed by atoms with Gasteiger partial charge in [0.1, 0.15) is 5.82 Å². The van der Waals surface area contributed by atoms with Crippen molar-refractivity contribution < 1.29 is 4.39 Å². The van der Waals surface area contributed by atoms with E-state index in [1.807, 2.05) is 6.92 Å². The lowest BCUT2D eigenvalue weighted by molar-refractivity contribution is 0.551. The molecule has 0 aromatic heterocycles. The zero-order valence-corrected chi connectivity index (χ0v) is 8.61. The molecule has 1 aromatic rings. The van der Waals surface area contributed by atoms with Crippen LogP contribution >= 0.6 is 11.6 Å². The lowest BCUT2D eigenvalue weighted by Gasteiger charge is -2.13. The lowest BCUT2D eigenvalue weighted by Crippen LogP contribution is -2.19. The smallest absolute Gasteiger partial charge is 0.128 e. The molecule has 0 saturated carbocycles. The second kappa shape index (κ2) is 4.99. The van der Waals surface area contributed by atoms with Gasteiger partial charge in [-0.1, -0.05) is 17.5 Å². The quantitative estimate of drug-likeness (QED) is 0.759. The second-order valence-electron chi connectivity index (χ2n) is 2.97. The molecule has 0 unspecified atom stereocenters. The highest BCUT2D eigenvalue weighted by atomic mass is 35.5. The van der Waals surface area contributed by atoms with Gasteiger partial charge in [-0.2, -0.15) is 0 Å². The van der Waals surface area contributed by atoms with Crippen molar-refractivity contribution in [3.63, 3.8) is 0 Å². The van der Waals surface area contributed by atoms with E-state index >= 15 is 0 Å². The highest BCUT2D eigenvalue weighted by molar-refractivity contribution is 6.30. The Kier molecular flexibility index (Phi) is 3.94. The average molecular weight is 212 g/mol. The van der Waals surface area contributed by atoms with Crippen molar-refractivity contribution in [2.45, 2.75) is 13.0 Å². The fourth-order valence-electron chi connectivity index (χ4n) is 1.17. The fourth-order valence-corrected chi connectivity index (χ4v) is 1.35. The van der Waals surface area contributed by atoms with E-state index in [4.69, 9.17) is 18.0 Å². The van der Waals surface area contributed by atoms with Crippen molar-refractivity contribution in [3.05, 3.63) is 34.6 Å². The summed E-state index contributed by atoms with van der Waals surface area (Å²) in [7, 11) is 0. The van der Waals surface area contributed by atoms with Gasteiger partial charge < -0.3 is 0 Å². The Labute approximate surface area is 88.3 Å². The number of halogens is 2. The molecule has 0 radical (unpaired) electrons. The summed E-state index contributed by atoms with van der Waals surface area (Å²) in [6.07, 6.45) is 5.09. The second-order valence-corrected chi connectivity index (χ2v) is 3.41. The van der Waals surface area contributed by atoms with Crippen LogP contribution in [-0.2, 0) is 0 Å². The van der Waals surface area contributed by atoms with Crippen LogP contribution in [-0.4, -0.2) is 6.54 Å². The van der Waals surface area contributed by atoms with Gasteiger partial charge in [0.25, 0.3) is 0 Å². The van der Waals surface area contributed by atoms with Gasteiger partial charge in [0, 0.05) is 16.6 Å². The summed E-state index contributed by atoms with van der Waals surface area (Å²) < 4.78 is 13.3. The maximum absolute atomic E-state index is 13.3. The Balaban J connectivity index is 2.83. The Hall–Kier alpha value is -1.04. The van der Waals surface area contributed by atoms with Crippen molar-refractivity contribution in [1.29, 1.82) is 0 Å². The highest BCUT2D eigenvalue weighted by Gasteiger charge is 2.09. The summed E-state index contributed by atoms with van der Waals surface area (Å²) in [6, 6.07) is 4.34. The first kappa shape index (κ1) is 11.0. The van der Waals surface area contributed by atoms with Crippen LogP contribution in [0.4, 0.5) is 4.39 Å². The molecule has 1 aromatic carbocycles. The van der Waals surface area contributed by atoms with Gasteiger partial charge in [-0.15, -0.1) is 6.42 Å². The zero-order valence-electron chi connectivity index (χ0n) is 7.85. The molecule has 14 heavy (non-hydrogen) atoms. The largest absolute Gasteiger partial charge is 0.299 e. The molecule has 0 amide bonds. The van der Waals surface area contributed by atoms with Crippen LogP contribution in [0.3, 0.4) is 0 Å². The van der Waals surface area contributed by atoms with Crippen LogP contribution in [0.2, 0.25) is 5.02 Å². The number of nitrogens with one attached hydrogen (secondary N) is 1. The topological polar surface area (TPSA) is 12.0 Å². The van der Waals surface area contributed by atoms with Crippen molar-refractivity contribution in [2.24, 2.45) is 0 Å². The number of rotatable bonds is 3. The SMILES string of the molecule is C#CCN[C@@H](C)c1cc(Cl)ccc1F. The minimum absolute atomic E-state index is 0.134. The molecule has 3 heteroatoms. The summed E-state index contributed by atoms with van der Waals surface area (Å²) in [6.45, 7) is 2.25. The van der Waals surface area contributed by atoms with Gasteiger partial charge in [0.05, 0.1) is 6.54 Å². The van der Waals surface area contributed by atoms with Crippen molar-refractivity contribution >= 4 is 11.6 Å². The van der Waals surface area contributed by atoms with Crippen molar-refractivity contribution in [3.8, 4) is 12.3 Å². The van der Waals surface area contributed by atoms with Gasteiger partial charge in [-0.25, -0.2) is 4.39 Å². The zero-order chi connectivity index (χ0) is 10.6. The molecule has 1 rings (SSSR count). The summed E-state index contributed by atoms with van der Waals surface area (Å²) in [5, 5.41) is 3.51. The van der Waals surface area contributed by atoms with Gasteiger partial charge >= 0.3 is 0 Å². The van der Waals surface area contributed by atoms with E-state index in [1.165, 1.54) is 12.1 Å². The van der Waals surface area contributed by atoms with E-state index in [0.717, 1.165) is 0 Å². The third kappa shape index (κ3) is 2.73. The predicted molar refractivity (Wildman–Crippen MR) is 56.7 cm³/mol. The minimum atomic E-state index is -0.272. The first-order valence-corrected chi connectivity index (χ1v) is 4.64. The van der Waals surface area contributed by atoms with Gasteiger partial charge in [-0.05, 0) is 25.1 Å². The maximum atomic E-state index is 13.3. The van der Waals surface area contributed by atoms with Crippen LogP contribution < -0.4 is 5.32 Å². The van der Waals surface area contributed by atoms with E-state index in [0.29, 0.717) is 17.1 Å². The lowest BCUT2D eigenvalue weighted by atomic mass is 10.1. The molecule has 0 fully saturated rings. The fraction of sp³-hybridized carbons (Fsp3) is 0.273. The van der Waals surface area contributed by atoms with Gasteiger partial charge in [0.2, 0.25) is 0 Å². The molecule has 1 nitrogen and oxygen atoms in total. The summed E-state index contributed by atoms with van der Waals surface area (Å²) in [5.41, 5.74) is 0.535. The number of hydrogen-bond acceptors (Lipinski definition) is 1. The van der Waals surface area contributed by atoms with Crippen molar-refractivity contribution in [2.75, 3.05) is 6.54 Å². The molecule has 0 saturated heterocycles. The first-order chi connectivity index (χ1) is 6.65. The third-order valence-corrected chi connectivity index (χ3v) is 2.17. The molecule has 0 bridgehead atoms. The monoisotopic (exact) mass is 211 g/mol. The highest BCUT2D eigenvalue weighted by Crippen LogP contribution is 2.20. The first-order valence-electron chi connectivity index (χ1n) is 4.27. The average Bonchev–Trinajstić information content (AvgIpc) is 2.18. The number of hydrogen-bond donors (Lipinski definition) is 1. The molecule has 1 N–H and O–H groups in total. The standard InChI is InChI=1S/C11H11ClFN/c1-3-6-14-8(2)10-7-9(12)4-5-11(10)13/h1,4-5,7-8,14H,6H2,2H3/t8-/m0/s1. The Bertz CT molecular complexity index is 357. The molecule has 0 aliphatic heterocycles. The van der Waals surface area contributed by atoms with Crippen LogP contribution in [0.5, 0.6) is 0 Å². The summed E-state index contributed by atoms with van der Waals surface area (Å²) in [5.74, 6) is 2.16. The summed E-state index contributed by atoms with van der Waals surface area (Å²) in [4.78, 5) is 0. The van der Waals surface area contributed by atoms with Gasteiger partial charge in [0.15, 0.2) is 0 Å². The molecule has 74 valence electrons. The normalized spacial score (nSPS) is 12.1. The molecule has 0 aliphatic carbocycles. The molecule has 0 spiro atoms. The molecule has 0 aliphatic rings. The Morgan fingerprint density at radius 2 is 2.36 bits per heavy atom.